The molecule has 0 aliphatic carbocycles. The van der Waals surface area contributed by atoms with E-state index in [0.29, 0.717) is 12.0 Å². The van der Waals surface area contributed by atoms with Crippen molar-refractivity contribution in [2.24, 2.45) is 0 Å². The molecule has 1 unspecified atom stereocenters. The number of rotatable bonds is 2. The topological polar surface area (TPSA) is 24.9 Å². The maximum Gasteiger partial charge on any atom is 0.0956 e. The molecule has 1 aliphatic rings. The fraction of sp³-hybridized carbons (Fsp3) is 0.727. The number of nitrogens with zero attached hydrogens (tertiary/aromatic N) is 1. The van der Waals surface area contributed by atoms with Gasteiger partial charge in [0.2, 0.25) is 0 Å². The highest BCUT2D eigenvalue weighted by Gasteiger charge is 2.21. The van der Waals surface area contributed by atoms with Crippen molar-refractivity contribution in [2.75, 3.05) is 6.54 Å². The van der Waals surface area contributed by atoms with E-state index in [4.69, 9.17) is 0 Å². The Labute approximate surface area is 89.8 Å². The standard InChI is InChI=1S/C11H18N2S/c1-7(2)11-13-8(3)10(14-11)9-5-4-6-12-9/h7,9,12H,4-6H2,1-3H3. The number of aromatic nitrogens is 1. The van der Waals surface area contributed by atoms with E-state index in [0.717, 1.165) is 0 Å². The van der Waals surface area contributed by atoms with Gasteiger partial charge in [-0.1, -0.05) is 13.8 Å². The first-order chi connectivity index (χ1) is 6.68. The van der Waals surface area contributed by atoms with Gasteiger partial charge in [-0.05, 0) is 26.3 Å². The van der Waals surface area contributed by atoms with Crippen LogP contribution < -0.4 is 5.32 Å². The predicted octanol–water partition coefficient (Wildman–Crippen LogP) is 3.00. The first-order valence-corrected chi connectivity index (χ1v) is 6.20. The summed E-state index contributed by atoms with van der Waals surface area (Å²) in [6, 6.07) is 0.583. The van der Waals surface area contributed by atoms with Crippen LogP contribution in [0, 0.1) is 6.92 Å². The molecule has 1 fully saturated rings. The Kier molecular flexibility index (Phi) is 2.88. The van der Waals surface area contributed by atoms with Gasteiger partial charge in [-0.15, -0.1) is 11.3 Å². The molecule has 1 aromatic heterocycles. The second kappa shape index (κ2) is 3.99. The minimum Gasteiger partial charge on any atom is -0.309 e. The Hall–Kier alpha value is -0.410. The predicted molar refractivity (Wildman–Crippen MR) is 60.9 cm³/mol. The number of nitrogens with one attached hydrogen (secondary N) is 1. The highest BCUT2D eigenvalue weighted by atomic mass is 32.1. The van der Waals surface area contributed by atoms with Gasteiger partial charge in [0, 0.05) is 16.8 Å². The second-order valence-electron chi connectivity index (χ2n) is 4.31. The summed E-state index contributed by atoms with van der Waals surface area (Å²) >= 11 is 1.89. The van der Waals surface area contributed by atoms with Gasteiger partial charge in [0.1, 0.15) is 0 Å². The van der Waals surface area contributed by atoms with Gasteiger partial charge in [0.05, 0.1) is 10.7 Å². The molecule has 1 aliphatic heterocycles. The Morgan fingerprint density at radius 3 is 2.79 bits per heavy atom. The molecular formula is C11H18N2S. The average Bonchev–Trinajstić information content (AvgIpc) is 2.71. The molecule has 0 bridgehead atoms. The van der Waals surface area contributed by atoms with Crippen LogP contribution in [0.3, 0.4) is 0 Å². The fourth-order valence-corrected chi connectivity index (χ4v) is 3.09. The molecule has 78 valence electrons. The lowest BCUT2D eigenvalue weighted by Gasteiger charge is -2.07. The first kappa shape index (κ1) is 10.1. The van der Waals surface area contributed by atoms with Gasteiger partial charge < -0.3 is 5.32 Å². The van der Waals surface area contributed by atoms with Crippen LogP contribution in [0.2, 0.25) is 0 Å². The summed E-state index contributed by atoms with van der Waals surface area (Å²) in [6.45, 7) is 7.73. The first-order valence-electron chi connectivity index (χ1n) is 5.39. The van der Waals surface area contributed by atoms with Crippen LogP contribution in [-0.2, 0) is 0 Å². The van der Waals surface area contributed by atoms with Crippen LogP contribution >= 0.6 is 11.3 Å². The zero-order valence-electron chi connectivity index (χ0n) is 9.13. The van der Waals surface area contributed by atoms with Crippen molar-refractivity contribution < 1.29 is 0 Å². The normalized spacial score (nSPS) is 22.1. The van der Waals surface area contributed by atoms with Crippen LogP contribution in [0.4, 0.5) is 0 Å². The Morgan fingerprint density at radius 1 is 1.50 bits per heavy atom. The van der Waals surface area contributed by atoms with Crippen molar-refractivity contribution >= 4 is 11.3 Å². The van der Waals surface area contributed by atoms with E-state index in [-0.39, 0.29) is 0 Å². The molecule has 1 N–H and O–H groups in total. The van der Waals surface area contributed by atoms with Gasteiger partial charge in [0.15, 0.2) is 0 Å². The summed E-state index contributed by atoms with van der Waals surface area (Å²) in [5.74, 6) is 0.564. The largest absolute Gasteiger partial charge is 0.309 e. The van der Waals surface area contributed by atoms with Gasteiger partial charge in [-0.3, -0.25) is 0 Å². The molecule has 2 rings (SSSR count). The van der Waals surface area contributed by atoms with Crippen molar-refractivity contribution in [3.63, 3.8) is 0 Å². The molecule has 14 heavy (non-hydrogen) atoms. The van der Waals surface area contributed by atoms with E-state index < -0.39 is 0 Å². The summed E-state index contributed by atoms with van der Waals surface area (Å²) in [5, 5.41) is 4.82. The lowest BCUT2D eigenvalue weighted by Crippen LogP contribution is -2.12. The minimum absolute atomic E-state index is 0.564. The molecule has 0 aromatic carbocycles. The monoisotopic (exact) mass is 210 g/mol. The smallest absolute Gasteiger partial charge is 0.0956 e. The van der Waals surface area contributed by atoms with E-state index in [1.165, 1.54) is 35.0 Å². The molecule has 1 aromatic rings. The minimum atomic E-state index is 0.564. The molecule has 0 spiro atoms. The maximum absolute atomic E-state index is 4.63. The van der Waals surface area contributed by atoms with E-state index >= 15 is 0 Å². The summed E-state index contributed by atoms with van der Waals surface area (Å²) in [5.41, 5.74) is 1.23. The lowest BCUT2D eigenvalue weighted by molar-refractivity contribution is 0.654. The van der Waals surface area contributed by atoms with Gasteiger partial charge >= 0.3 is 0 Å². The molecule has 2 heterocycles. The number of thiazole rings is 1. The third kappa shape index (κ3) is 1.84. The maximum atomic E-state index is 4.63. The Balaban J connectivity index is 2.24. The summed E-state index contributed by atoms with van der Waals surface area (Å²) in [7, 11) is 0. The fourth-order valence-electron chi connectivity index (χ4n) is 1.91. The summed E-state index contributed by atoms with van der Waals surface area (Å²) < 4.78 is 0. The molecule has 2 nitrogen and oxygen atoms in total. The Morgan fingerprint density at radius 2 is 2.29 bits per heavy atom. The van der Waals surface area contributed by atoms with E-state index in [9.17, 15) is 0 Å². The van der Waals surface area contributed by atoms with Crippen molar-refractivity contribution in [1.29, 1.82) is 0 Å². The SMILES string of the molecule is Cc1nc(C(C)C)sc1C1CCCN1. The highest BCUT2D eigenvalue weighted by molar-refractivity contribution is 7.11. The molecule has 0 saturated carbocycles. The third-order valence-electron chi connectivity index (χ3n) is 2.72. The zero-order chi connectivity index (χ0) is 10.1. The van der Waals surface area contributed by atoms with Crippen molar-refractivity contribution in [2.45, 2.75) is 45.6 Å². The van der Waals surface area contributed by atoms with E-state index in [1.807, 2.05) is 11.3 Å². The van der Waals surface area contributed by atoms with Crippen LogP contribution in [0.1, 0.15) is 54.2 Å². The van der Waals surface area contributed by atoms with E-state index in [1.54, 1.807) is 0 Å². The second-order valence-corrected chi connectivity index (χ2v) is 5.37. The number of hydrogen-bond donors (Lipinski definition) is 1. The zero-order valence-corrected chi connectivity index (χ0v) is 9.95. The molecule has 0 amide bonds. The van der Waals surface area contributed by atoms with Crippen molar-refractivity contribution in [3.05, 3.63) is 15.6 Å². The summed E-state index contributed by atoms with van der Waals surface area (Å²) in [6.07, 6.45) is 2.58. The van der Waals surface area contributed by atoms with E-state index in [2.05, 4.69) is 31.1 Å². The lowest BCUT2D eigenvalue weighted by atomic mass is 10.2. The van der Waals surface area contributed by atoms with Crippen molar-refractivity contribution in [3.8, 4) is 0 Å². The highest BCUT2D eigenvalue weighted by Crippen LogP contribution is 2.33. The van der Waals surface area contributed by atoms with Crippen molar-refractivity contribution in [1.82, 2.24) is 10.3 Å². The summed E-state index contributed by atoms with van der Waals surface area (Å²) in [4.78, 5) is 6.10. The molecule has 0 radical (unpaired) electrons. The molecule has 1 atom stereocenters. The molecule has 1 saturated heterocycles. The molecular weight excluding hydrogens is 192 g/mol. The average molecular weight is 210 g/mol. The molecule has 3 heteroatoms. The van der Waals surface area contributed by atoms with Gasteiger partial charge in [-0.25, -0.2) is 4.98 Å². The van der Waals surface area contributed by atoms with Crippen LogP contribution in [0.15, 0.2) is 0 Å². The van der Waals surface area contributed by atoms with Crippen LogP contribution in [0.5, 0.6) is 0 Å². The van der Waals surface area contributed by atoms with Gasteiger partial charge in [-0.2, -0.15) is 0 Å². The third-order valence-corrected chi connectivity index (χ3v) is 4.29. The van der Waals surface area contributed by atoms with Crippen LogP contribution in [-0.4, -0.2) is 11.5 Å². The Bertz CT molecular complexity index is 311. The quantitative estimate of drug-likeness (QED) is 0.811. The van der Waals surface area contributed by atoms with Gasteiger partial charge in [0.25, 0.3) is 0 Å². The van der Waals surface area contributed by atoms with Crippen LogP contribution in [0.25, 0.3) is 0 Å². The number of hydrogen-bond acceptors (Lipinski definition) is 3. The number of aryl methyl sites for hydroxylation is 1.